The third-order valence-corrected chi connectivity index (χ3v) is 3.06. The number of amides is 1. The molecule has 0 aliphatic carbocycles. The Balaban J connectivity index is 2.28. The van der Waals surface area contributed by atoms with Gasteiger partial charge in [0, 0.05) is 18.9 Å². The number of ether oxygens (including phenoxy) is 2. The molecule has 0 spiro atoms. The van der Waals surface area contributed by atoms with Crippen LogP contribution in [0.25, 0.3) is 0 Å². The molecule has 7 heteroatoms. The highest BCUT2D eigenvalue weighted by molar-refractivity contribution is 5.95. The molecule has 2 rings (SSSR count). The fourth-order valence-electron chi connectivity index (χ4n) is 2.06. The number of Topliss-reactive ketones (excluding diaryl/α,β-unsaturated/α-hetero) is 1. The first-order valence-electron chi connectivity index (χ1n) is 6.49. The highest BCUT2D eigenvalue weighted by atomic mass is 16.5. The maximum absolute atomic E-state index is 12.1. The molecule has 1 heterocycles. The number of carbonyl (C=O) groups excluding carboxylic acids is 2. The van der Waals surface area contributed by atoms with Gasteiger partial charge in [0.2, 0.25) is 5.91 Å². The number of aliphatic carboxylic acids is 1. The third kappa shape index (κ3) is 3.43. The monoisotopic (exact) mass is 305 g/mol. The smallest absolute Gasteiger partial charge is 0.352 e. The van der Waals surface area contributed by atoms with Gasteiger partial charge in [-0.2, -0.15) is 0 Å². The van der Waals surface area contributed by atoms with Crippen LogP contribution in [0.2, 0.25) is 0 Å². The van der Waals surface area contributed by atoms with E-state index in [9.17, 15) is 14.4 Å². The van der Waals surface area contributed by atoms with Crippen molar-refractivity contribution in [3.8, 4) is 11.5 Å². The number of methoxy groups -OCH3 is 1. The lowest BCUT2D eigenvalue weighted by atomic mass is 10.00. The minimum Gasteiger partial charge on any atom is -0.497 e. The Kier molecular flexibility index (Phi) is 4.45. The number of carbonyl (C=O) groups is 3. The van der Waals surface area contributed by atoms with Crippen molar-refractivity contribution in [3.63, 3.8) is 0 Å². The first-order chi connectivity index (χ1) is 10.4. The minimum absolute atomic E-state index is 0.0979. The van der Waals surface area contributed by atoms with Crippen molar-refractivity contribution in [2.24, 2.45) is 0 Å². The Morgan fingerprint density at radius 2 is 2.18 bits per heavy atom. The lowest BCUT2D eigenvalue weighted by Gasteiger charge is -2.23. The number of nitrogens with one attached hydrogen (secondary N) is 1. The van der Waals surface area contributed by atoms with Gasteiger partial charge in [0.25, 0.3) is 0 Å². The standard InChI is InChI=1S/C15H15NO6/c1-8(17)16-11(15(19)20)7-14-12(18)6-9-5-10(21-2)3-4-13(9)22-14/h3-5,7,14H,6H2,1-2H3,(H,16,17)(H,19,20). The molecule has 1 unspecified atom stereocenters. The summed E-state index contributed by atoms with van der Waals surface area (Å²) in [6.07, 6.45) is 0.138. The van der Waals surface area contributed by atoms with E-state index in [2.05, 4.69) is 5.32 Å². The predicted molar refractivity (Wildman–Crippen MR) is 75.7 cm³/mol. The number of rotatable bonds is 4. The summed E-state index contributed by atoms with van der Waals surface area (Å²) in [6, 6.07) is 5.03. The van der Waals surface area contributed by atoms with Crippen LogP contribution in [0.5, 0.6) is 11.5 Å². The van der Waals surface area contributed by atoms with Crippen LogP contribution < -0.4 is 14.8 Å². The Bertz CT molecular complexity index is 664. The molecule has 1 aromatic carbocycles. The van der Waals surface area contributed by atoms with Gasteiger partial charge in [-0.15, -0.1) is 0 Å². The van der Waals surface area contributed by atoms with Gasteiger partial charge in [-0.25, -0.2) is 4.79 Å². The van der Waals surface area contributed by atoms with Crippen molar-refractivity contribution in [2.75, 3.05) is 7.11 Å². The summed E-state index contributed by atoms with van der Waals surface area (Å²) in [4.78, 5) is 34.2. The van der Waals surface area contributed by atoms with Gasteiger partial charge >= 0.3 is 5.97 Å². The van der Waals surface area contributed by atoms with Crippen LogP contribution >= 0.6 is 0 Å². The minimum atomic E-state index is -1.34. The molecular weight excluding hydrogens is 290 g/mol. The number of ketones is 1. The Labute approximate surface area is 126 Å². The zero-order valence-electron chi connectivity index (χ0n) is 12.1. The van der Waals surface area contributed by atoms with Crippen molar-refractivity contribution in [3.05, 3.63) is 35.5 Å². The second kappa shape index (κ2) is 6.30. The highest BCUT2D eigenvalue weighted by Gasteiger charge is 2.28. The van der Waals surface area contributed by atoms with Crippen molar-refractivity contribution >= 4 is 17.7 Å². The van der Waals surface area contributed by atoms with Crippen molar-refractivity contribution < 1.29 is 29.0 Å². The molecule has 1 atom stereocenters. The number of hydrogen-bond donors (Lipinski definition) is 2. The van der Waals surface area contributed by atoms with Crippen LogP contribution in [0.1, 0.15) is 12.5 Å². The Morgan fingerprint density at radius 3 is 2.77 bits per heavy atom. The molecule has 22 heavy (non-hydrogen) atoms. The summed E-state index contributed by atoms with van der Waals surface area (Å²) >= 11 is 0. The molecule has 0 aromatic heterocycles. The van der Waals surface area contributed by atoms with E-state index in [1.54, 1.807) is 18.2 Å². The van der Waals surface area contributed by atoms with E-state index in [0.717, 1.165) is 6.08 Å². The van der Waals surface area contributed by atoms with Gasteiger partial charge < -0.3 is 19.9 Å². The van der Waals surface area contributed by atoms with Crippen LogP contribution in [-0.4, -0.2) is 36.0 Å². The topological polar surface area (TPSA) is 102 Å². The zero-order chi connectivity index (χ0) is 16.3. The molecule has 1 aliphatic heterocycles. The fraction of sp³-hybridized carbons (Fsp3) is 0.267. The molecule has 0 saturated heterocycles. The number of benzene rings is 1. The van der Waals surface area contributed by atoms with Gasteiger partial charge in [0.15, 0.2) is 11.9 Å². The van der Waals surface area contributed by atoms with Crippen LogP contribution in [0, 0.1) is 0 Å². The van der Waals surface area contributed by atoms with E-state index in [1.165, 1.54) is 14.0 Å². The largest absolute Gasteiger partial charge is 0.497 e. The molecule has 0 fully saturated rings. The van der Waals surface area contributed by atoms with Crippen LogP contribution in [0.4, 0.5) is 0 Å². The molecule has 2 N–H and O–H groups in total. The van der Waals surface area contributed by atoms with Crippen LogP contribution in [-0.2, 0) is 20.8 Å². The van der Waals surface area contributed by atoms with Gasteiger partial charge in [-0.3, -0.25) is 9.59 Å². The molecule has 0 bridgehead atoms. The lowest BCUT2D eigenvalue weighted by molar-refractivity contribution is -0.134. The second-order valence-corrected chi connectivity index (χ2v) is 4.72. The van der Waals surface area contributed by atoms with Gasteiger partial charge in [-0.1, -0.05) is 0 Å². The maximum Gasteiger partial charge on any atom is 0.352 e. The van der Waals surface area contributed by atoms with Gasteiger partial charge in [0.05, 0.1) is 7.11 Å². The van der Waals surface area contributed by atoms with Gasteiger partial charge in [0.1, 0.15) is 17.2 Å². The Hall–Kier alpha value is -2.83. The zero-order valence-corrected chi connectivity index (χ0v) is 12.1. The summed E-state index contributed by atoms with van der Waals surface area (Å²) in [5.41, 5.74) is 0.285. The van der Waals surface area contributed by atoms with E-state index >= 15 is 0 Å². The average molecular weight is 305 g/mol. The Morgan fingerprint density at radius 1 is 1.45 bits per heavy atom. The first-order valence-corrected chi connectivity index (χ1v) is 6.49. The van der Waals surface area contributed by atoms with E-state index in [1.807, 2.05) is 0 Å². The van der Waals surface area contributed by atoms with E-state index in [4.69, 9.17) is 14.6 Å². The number of carboxylic acid groups (broad SMARTS) is 1. The number of carboxylic acids is 1. The fourth-order valence-corrected chi connectivity index (χ4v) is 2.06. The SMILES string of the molecule is COc1ccc2c(c1)CC(=O)C(C=C(NC(C)=O)C(=O)O)O2. The van der Waals surface area contributed by atoms with E-state index < -0.39 is 18.0 Å². The number of fused-ring (bicyclic) bond motifs is 1. The molecule has 0 radical (unpaired) electrons. The van der Waals surface area contributed by atoms with E-state index in [0.29, 0.717) is 17.1 Å². The number of hydrogen-bond acceptors (Lipinski definition) is 5. The first kappa shape index (κ1) is 15.6. The van der Waals surface area contributed by atoms with Crippen LogP contribution in [0.15, 0.2) is 30.0 Å². The van der Waals surface area contributed by atoms with Crippen molar-refractivity contribution in [2.45, 2.75) is 19.4 Å². The molecule has 116 valence electrons. The molecule has 0 saturated carbocycles. The molecule has 7 nitrogen and oxygen atoms in total. The average Bonchev–Trinajstić information content (AvgIpc) is 2.46. The summed E-state index contributed by atoms with van der Waals surface area (Å²) in [5, 5.41) is 11.2. The summed E-state index contributed by atoms with van der Waals surface area (Å²) in [6.45, 7) is 1.18. The van der Waals surface area contributed by atoms with E-state index in [-0.39, 0.29) is 17.9 Å². The lowest BCUT2D eigenvalue weighted by Crippen LogP contribution is -2.34. The highest BCUT2D eigenvalue weighted by Crippen LogP contribution is 2.30. The van der Waals surface area contributed by atoms with Crippen molar-refractivity contribution in [1.29, 1.82) is 0 Å². The van der Waals surface area contributed by atoms with Gasteiger partial charge in [-0.05, 0) is 24.3 Å². The molecule has 1 aromatic rings. The second-order valence-electron chi connectivity index (χ2n) is 4.72. The summed E-state index contributed by atoms with van der Waals surface area (Å²) < 4.78 is 10.6. The molecular formula is C15H15NO6. The normalized spacial score (nSPS) is 17.3. The molecule has 1 aliphatic rings. The summed E-state index contributed by atoms with van der Waals surface area (Å²) in [5.74, 6) is -1.10. The van der Waals surface area contributed by atoms with Crippen LogP contribution in [0.3, 0.4) is 0 Å². The summed E-state index contributed by atoms with van der Waals surface area (Å²) in [7, 11) is 1.52. The predicted octanol–water partition coefficient (Wildman–Crippen LogP) is 0.672. The van der Waals surface area contributed by atoms with Crippen molar-refractivity contribution in [1.82, 2.24) is 5.32 Å². The third-order valence-electron chi connectivity index (χ3n) is 3.06. The molecule has 1 amide bonds. The quantitative estimate of drug-likeness (QED) is 0.793. The maximum atomic E-state index is 12.1.